The highest BCUT2D eigenvalue weighted by molar-refractivity contribution is 5.12. The zero-order valence-electron chi connectivity index (χ0n) is 10.3. The molecule has 2 rings (SSSR count). The minimum Gasteiger partial charge on any atom is -0.373 e. The van der Waals surface area contributed by atoms with E-state index in [4.69, 9.17) is 10.5 Å². The van der Waals surface area contributed by atoms with Crippen LogP contribution in [0.5, 0.6) is 0 Å². The third-order valence-corrected chi connectivity index (χ3v) is 4.46. The van der Waals surface area contributed by atoms with E-state index in [1.165, 1.54) is 19.3 Å². The van der Waals surface area contributed by atoms with E-state index < -0.39 is 0 Å². The van der Waals surface area contributed by atoms with Gasteiger partial charge >= 0.3 is 0 Å². The van der Waals surface area contributed by atoms with Gasteiger partial charge in [-0.1, -0.05) is 0 Å². The Bertz CT molecular complexity index is 232. The number of likely N-dealkylation sites (N-methyl/N-ethyl adjacent to an activating group) is 1. The van der Waals surface area contributed by atoms with Crippen molar-refractivity contribution >= 4 is 0 Å². The van der Waals surface area contributed by atoms with Crippen LogP contribution < -0.4 is 5.73 Å². The van der Waals surface area contributed by atoms with Crippen molar-refractivity contribution in [1.82, 2.24) is 4.90 Å². The van der Waals surface area contributed by atoms with Crippen LogP contribution >= 0.6 is 0 Å². The lowest BCUT2D eigenvalue weighted by Crippen LogP contribution is -2.70. The van der Waals surface area contributed by atoms with Crippen molar-refractivity contribution in [1.29, 1.82) is 0 Å². The fourth-order valence-corrected chi connectivity index (χ4v) is 3.57. The monoisotopic (exact) mass is 212 g/mol. The van der Waals surface area contributed by atoms with Crippen molar-refractivity contribution in [3.05, 3.63) is 0 Å². The largest absolute Gasteiger partial charge is 0.373 e. The van der Waals surface area contributed by atoms with Crippen molar-refractivity contribution < 1.29 is 4.74 Å². The summed E-state index contributed by atoms with van der Waals surface area (Å²) in [6, 6.07) is 0.448. The van der Waals surface area contributed by atoms with E-state index in [1.54, 1.807) is 0 Å². The second kappa shape index (κ2) is 3.72. The lowest BCUT2D eigenvalue weighted by Gasteiger charge is -2.53. The molecule has 0 aromatic heterocycles. The summed E-state index contributed by atoms with van der Waals surface area (Å²) in [5, 5.41) is 0. The van der Waals surface area contributed by atoms with Gasteiger partial charge in [0.25, 0.3) is 0 Å². The topological polar surface area (TPSA) is 38.5 Å². The van der Waals surface area contributed by atoms with Gasteiger partial charge in [0, 0.05) is 12.6 Å². The van der Waals surface area contributed by atoms with Gasteiger partial charge in [0.05, 0.1) is 11.1 Å². The summed E-state index contributed by atoms with van der Waals surface area (Å²) in [6.07, 6.45) is 5.91. The molecule has 0 bridgehead atoms. The highest BCUT2D eigenvalue weighted by Crippen LogP contribution is 2.45. The summed E-state index contributed by atoms with van der Waals surface area (Å²) in [5.41, 5.74) is 6.35. The van der Waals surface area contributed by atoms with Gasteiger partial charge in [0.2, 0.25) is 0 Å². The molecule has 2 fully saturated rings. The summed E-state index contributed by atoms with van der Waals surface area (Å²) in [5.74, 6) is 0. The van der Waals surface area contributed by atoms with Crippen molar-refractivity contribution in [3.63, 3.8) is 0 Å². The zero-order chi connectivity index (χ0) is 11.1. The van der Waals surface area contributed by atoms with Crippen LogP contribution in [0.25, 0.3) is 0 Å². The first-order chi connectivity index (χ1) is 7.00. The molecule has 3 heteroatoms. The lowest BCUT2D eigenvalue weighted by atomic mass is 9.66. The molecule has 1 aliphatic heterocycles. The van der Waals surface area contributed by atoms with Crippen LogP contribution in [0.15, 0.2) is 0 Å². The highest BCUT2D eigenvalue weighted by Gasteiger charge is 2.55. The normalized spacial score (nSPS) is 46.6. The second-order valence-corrected chi connectivity index (χ2v) is 5.60. The summed E-state index contributed by atoms with van der Waals surface area (Å²) in [4.78, 5) is 2.27. The molecular formula is C12H24N2O. The fourth-order valence-electron chi connectivity index (χ4n) is 3.57. The molecule has 2 N–H and O–H groups in total. The molecule has 1 heterocycles. The first-order valence-corrected chi connectivity index (χ1v) is 6.09. The van der Waals surface area contributed by atoms with Crippen LogP contribution in [0.2, 0.25) is 0 Å². The van der Waals surface area contributed by atoms with E-state index in [1.807, 2.05) is 0 Å². The molecule has 0 aromatic rings. The summed E-state index contributed by atoms with van der Waals surface area (Å²) < 4.78 is 6.03. The molecule has 15 heavy (non-hydrogen) atoms. The molecule has 1 saturated carbocycles. The maximum atomic E-state index is 6.60. The number of hydrogen-bond acceptors (Lipinski definition) is 3. The predicted octanol–water partition coefficient (Wildman–Crippen LogP) is 1.37. The van der Waals surface area contributed by atoms with Gasteiger partial charge in [0.1, 0.15) is 0 Å². The Morgan fingerprint density at radius 3 is 2.47 bits per heavy atom. The van der Waals surface area contributed by atoms with Gasteiger partial charge in [-0.05, 0) is 53.1 Å². The molecule has 3 atom stereocenters. The third-order valence-electron chi connectivity index (χ3n) is 4.46. The molecule has 2 aliphatic rings. The van der Waals surface area contributed by atoms with E-state index >= 15 is 0 Å². The summed E-state index contributed by atoms with van der Waals surface area (Å²) >= 11 is 0. The van der Waals surface area contributed by atoms with E-state index in [0.717, 1.165) is 19.4 Å². The Labute approximate surface area is 93.0 Å². The van der Waals surface area contributed by atoms with Crippen LogP contribution in [-0.4, -0.2) is 42.8 Å². The SMILES string of the molecule is CN(C)C1CCCC2(CCCO2)C1(C)N. The second-order valence-electron chi connectivity index (χ2n) is 5.60. The third kappa shape index (κ3) is 1.61. The molecule has 0 amide bonds. The molecule has 1 spiro atoms. The molecule has 3 nitrogen and oxygen atoms in total. The summed E-state index contributed by atoms with van der Waals surface area (Å²) in [6.45, 7) is 3.08. The number of hydrogen-bond donors (Lipinski definition) is 1. The molecule has 0 aromatic carbocycles. The molecule has 3 unspecified atom stereocenters. The predicted molar refractivity (Wildman–Crippen MR) is 61.8 cm³/mol. The quantitative estimate of drug-likeness (QED) is 0.713. The lowest BCUT2D eigenvalue weighted by molar-refractivity contribution is -0.103. The minimum absolute atomic E-state index is 0.0415. The van der Waals surface area contributed by atoms with Crippen LogP contribution in [0.3, 0.4) is 0 Å². The van der Waals surface area contributed by atoms with Gasteiger partial charge in [-0.3, -0.25) is 0 Å². The van der Waals surface area contributed by atoms with E-state index in [9.17, 15) is 0 Å². The molecular weight excluding hydrogens is 188 g/mol. The average Bonchev–Trinajstić information content (AvgIpc) is 2.59. The van der Waals surface area contributed by atoms with Gasteiger partial charge < -0.3 is 15.4 Å². The first kappa shape index (κ1) is 11.4. The Hall–Kier alpha value is -0.120. The van der Waals surface area contributed by atoms with Crippen LogP contribution in [0, 0.1) is 0 Å². The van der Waals surface area contributed by atoms with Gasteiger partial charge in [-0.25, -0.2) is 0 Å². The van der Waals surface area contributed by atoms with Crippen LogP contribution in [0.4, 0.5) is 0 Å². The van der Waals surface area contributed by atoms with Crippen molar-refractivity contribution in [2.24, 2.45) is 5.73 Å². The molecule has 1 aliphatic carbocycles. The number of rotatable bonds is 1. The van der Waals surface area contributed by atoms with Crippen LogP contribution in [0.1, 0.15) is 39.0 Å². The smallest absolute Gasteiger partial charge is 0.0874 e. The number of nitrogens with zero attached hydrogens (tertiary/aromatic N) is 1. The van der Waals surface area contributed by atoms with Crippen molar-refractivity contribution in [2.75, 3.05) is 20.7 Å². The average molecular weight is 212 g/mol. The molecule has 88 valence electrons. The maximum Gasteiger partial charge on any atom is 0.0874 e. The van der Waals surface area contributed by atoms with E-state index in [-0.39, 0.29) is 11.1 Å². The first-order valence-electron chi connectivity index (χ1n) is 6.09. The van der Waals surface area contributed by atoms with Gasteiger partial charge in [-0.2, -0.15) is 0 Å². The Balaban J connectivity index is 2.25. The fraction of sp³-hybridized carbons (Fsp3) is 1.00. The van der Waals surface area contributed by atoms with E-state index in [2.05, 4.69) is 25.9 Å². The van der Waals surface area contributed by atoms with Crippen LogP contribution in [-0.2, 0) is 4.74 Å². The number of ether oxygens (including phenoxy) is 1. The van der Waals surface area contributed by atoms with Gasteiger partial charge in [0.15, 0.2) is 0 Å². The van der Waals surface area contributed by atoms with Gasteiger partial charge in [-0.15, -0.1) is 0 Å². The zero-order valence-corrected chi connectivity index (χ0v) is 10.3. The number of nitrogens with two attached hydrogens (primary N) is 1. The molecule has 1 saturated heterocycles. The van der Waals surface area contributed by atoms with E-state index in [0.29, 0.717) is 6.04 Å². The minimum atomic E-state index is -0.203. The van der Waals surface area contributed by atoms with Crippen molar-refractivity contribution in [3.8, 4) is 0 Å². The van der Waals surface area contributed by atoms with Crippen molar-refractivity contribution in [2.45, 2.75) is 56.2 Å². The Kier molecular flexibility index (Phi) is 2.82. The Morgan fingerprint density at radius 1 is 1.27 bits per heavy atom. The molecule has 0 radical (unpaired) electrons. The Morgan fingerprint density at radius 2 is 1.93 bits per heavy atom. The highest BCUT2D eigenvalue weighted by atomic mass is 16.5. The maximum absolute atomic E-state index is 6.60. The summed E-state index contributed by atoms with van der Waals surface area (Å²) in [7, 11) is 4.26. The standard InChI is InChI=1S/C12H24N2O/c1-11(13)10(14(2)3)6-4-7-12(11)8-5-9-15-12/h10H,4-9,13H2,1-3H3.